The summed E-state index contributed by atoms with van der Waals surface area (Å²) in [5.41, 5.74) is 3.08. The summed E-state index contributed by atoms with van der Waals surface area (Å²) >= 11 is 0. The highest BCUT2D eigenvalue weighted by Gasteiger charge is 2.19. The molecule has 1 heterocycles. The molecule has 0 unspecified atom stereocenters. The van der Waals surface area contributed by atoms with Gasteiger partial charge in [0.2, 0.25) is 0 Å². The summed E-state index contributed by atoms with van der Waals surface area (Å²) in [7, 11) is 1.60. The molecule has 0 atom stereocenters. The average Bonchev–Trinajstić information content (AvgIpc) is 2.86. The Morgan fingerprint density at radius 2 is 1.68 bits per heavy atom. The van der Waals surface area contributed by atoms with Crippen LogP contribution < -0.4 is 14.2 Å². The van der Waals surface area contributed by atoms with E-state index in [1.807, 2.05) is 49.4 Å². The molecule has 0 spiro atoms. The maximum Gasteiger partial charge on any atom is 0.337 e. The van der Waals surface area contributed by atoms with Gasteiger partial charge >= 0.3 is 5.97 Å². The fraction of sp³-hybridized carbons (Fsp3) is 0.357. The van der Waals surface area contributed by atoms with Crippen molar-refractivity contribution in [3.63, 3.8) is 0 Å². The van der Waals surface area contributed by atoms with Crippen molar-refractivity contribution in [2.75, 3.05) is 13.7 Å². The first kappa shape index (κ1) is 25.1. The van der Waals surface area contributed by atoms with E-state index < -0.39 is 5.97 Å². The third-order valence-electron chi connectivity index (χ3n) is 6.02. The SMILES string of the molecule is CCCOc1ccc(OC)cc1-c1ccc(C(=O)O)c(COc2ccc(C(C)(C)CC)cc2)n1. The predicted octanol–water partition coefficient (Wildman–Crippen LogP) is 6.51. The quantitative estimate of drug-likeness (QED) is 0.349. The number of pyridine rings is 1. The molecule has 180 valence electrons. The van der Waals surface area contributed by atoms with E-state index in [0.29, 0.717) is 35.2 Å². The highest BCUT2D eigenvalue weighted by Crippen LogP contribution is 2.34. The van der Waals surface area contributed by atoms with Gasteiger partial charge in [-0.15, -0.1) is 0 Å². The number of carboxylic acids is 1. The van der Waals surface area contributed by atoms with Crippen LogP contribution in [0.4, 0.5) is 0 Å². The van der Waals surface area contributed by atoms with Crippen LogP contribution in [0, 0.1) is 0 Å². The zero-order chi connectivity index (χ0) is 24.7. The lowest BCUT2D eigenvalue weighted by molar-refractivity contribution is 0.0693. The van der Waals surface area contributed by atoms with Crippen LogP contribution in [0.5, 0.6) is 17.2 Å². The summed E-state index contributed by atoms with van der Waals surface area (Å²) in [5.74, 6) is 0.938. The number of hydrogen-bond acceptors (Lipinski definition) is 5. The Labute approximate surface area is 201 Å². The van der Waals surface area contributed by atoms with Crippen LogP contribution in [0.2, 0.25) is 0 Å². The van der Waals surface area contributed by atoms with Crippen molar-refractivity contribution in [1.82, 2.24) is 4.98 Å². The monoisotopic (exact) mass is 463 g/mol. The van der Waals surface area contributed by atoms with Crippen molar-refractivity contribution >= 4 is 5.97 Å². The standard InChI is InChI=1S/C28H33NO5/c1-6-16-33-26-15-12-21(32-5)17-23(26)24-14-13-22(27(30)31)25(29-24)18-34-20-10-8-19(9-11-20)28(3,4)7-2/h8-15,17H,6-7,16,18H2,1-5H3,(H,30,31). The molecule has 6 nitrogen and oxygen atoms in total. The van der Waals surface area contributed by atoms with E-state index in [4.69, 9.17) is 14.2 Å². The maximum absolute atomic E-state index is 11.8. The van der Waals surface area contributed by atoms with Crippen LogP contribution in [-0.4, -0.2) is 29.8 Å². The molecule has 0 aliphatic heterocycles. The Morgan fingerprint density at radius 3 is 2.29 bits per heavy atom. The van der Waals surface area contributed by atoms with Crippen LogP contribution in [0.3, 0.4) is 0 Å². The number of aromatic nitrogens is 1. The molecule has 1 N–H and O–H groups in total. The minimum atomic E-state index is -1.05. The van der Waals surface area contributed by atoms with Crippen molar-refractivity contribution in [2.45, 2.75) is 52.6 Å². The van der Waals surface area contributed by atoms with Gasteiger partial charge in [0, 0.05) is 5.56 Å². The summed E-state index contributed by atoms with van der Waals surface area (Å²) in [6, 6.07) is 16.7. The molecule has 0 aliphatic carbocycles. The highest BCUT2D eigenvalue weighted by molar-refractivity contribution is 5.89. The van der Waals surface area contributed by atoms with Crippen molar-refractivity contribution < 1.29 is 24.1 Å². The second-order valence-corrected chi connectivity index (χ2v) is 8.76. The third-order valence-corrected chi connectivity index (χ3v) is 6.02. The van der Waals surface area contributed by atoms with E-state index >= 15 is 0 Å². The molecule has 0 bridgehead atoms. The Balaban J connectivity index is 1.91. The van der Waals surface area contributed by atoms with Crippen molar-refractivity contribution in [1.29, 1.82) is 0 Å². The highest BCUT2D eigenvalue weighted by atomic mass is 16.5. The summed E-state index contributed by atoms with van der Waals surface area (Å²) in [4.78, 5) is 16.5. The molecule has 3 rings (SSSR count). The number of rotatable bonds is 11. The third kappa shape index (κ3) is 5.87. The second-order valence-electron chi connectivity index (χ2n) is 8.76. The van der Waals surface area contributed by atoms with Crippen LogP contribution >= 0.6 is 0 Å². The number of ether oxygens (including phenoxy) is 3. The lowest BCUT2D eigenvalue weighted by Crippen LogP contribution is -2.15. The topological polar surface area (TPSA) is 77.9 Å². The molecule has 34 heavy (non-hydrogen) atoms. The summed E-state index contributed by atoms with van der Waals surface area (Å²) in [5, 5.41) is 9.69. The number of aromatic carboxylic acids is 1. The zero-order valence-corrected chi connectivity index (χ0v) is 20.6. The second kappa shape index (κ2) is 11.1. The van der Waals surface area contributed by atoms with E-state index in [9.17, 15) is 9.90 Å². The number of methoxy groups -OCH3 is 1. The molecular weight excluding hydrogens is 430 g/mol. The van der Waals surface area contributed by atoms with E-state index in [1.54, 1.807) is 19.2 Å². The molecule has 1 aromatic heterocycles. The molecule has 0 saturated carbocycles. The molecule has 3 aromatic rings. The van der Waals surface area contributed by atoms with E-state index in [1.165, 1.54) is 5.56 Å². The molecular formula is C28H33NO5. The predicted molar refractivity (Wildman–Crippen MR) is 133 cm³/mol. The van der Waals surface area contributed by atoms with E-state index in [-0.39, 0.29) is 17.6 Å². The smallest absolute Gasteiger partial charge is 0.337 e. The Kier molecular flexibility index (Phi) is 8.16. The molecule has 0 amide bonds. The number of nitrogens with zero attached hydrogens (tertiary/aromatic N) is 1. The molecule has 2 aromatic carbocycles. The van der Waals surface area contributed by atoms with Gasteiger partial charge in [-0.3, -0.25) is 0 Å². The number of carbonyl (C=O) groups is 1. The van der Waals surface area contributed by atoms with Gasteiger partial charge in [0.05, 0.1) is 30.7 Å². The zero-order valence-electron chi connectivity index (χ0n) is 20.6. The number of benzene rings is 2. The van der Waals surface area contributed by atoms with Crippen LogP contribution in [-0.2, 0) is 12.0 Å². The van der Waals surface area contributed by atoms with Gasteiger partial charge in [0.1, 0.15) is 23.9 Å². The average molecular weight is 464 g/mol. The Bertz CT molecular complexity index is 1120. The minimum absolute atomic E-state index is 0.0289. The first-order valence-corrected chi connectivity index (χ1v) is 11.6. The van der Waals surface area contributed by atoms with Crippen LogP contribution in [0.25, 0.3) is 11.3 Å². The fourth-order valence-electron chi connectivity index (χ4n) is 3.49. The summed E-state index contributed by atoms with van der Waals surface area (Å²) in [6.45, 7) is 9.20. The van der Waals surface area contributed by atoms with Gasteiger partial charge in [-0.2, -0.15) is 0 Å². The van der Waals surface area contributed by atoms with Crippen molar-refractivity contribution in [2.24, 2.45) is 0 Å². The molecule has 0 saturated heterocycles. The summed E-state index contributed by atoms with van der Waals surface area (Å²) in [6.07, 6.45) is 1.89. The van der Waals surface area contributed by atoms with Gasteiger partial charge < -0.3 is 19.3 Å². The normalized spacial score (nSPS) is 11.2. The summed E-state index contributed by atoms with van der Waals surface area (Å²) < 4.78 is 17.2. The molecule has 0 radical (unpaired) electrons. The maximum atomic E-state index is 11.8. The van der Waals surface area contributed by atoms with Gasteiger partial charge in [0.25, 0.3) is 0 Å². The first-order valence-electron chi connectivity index (χ1n) is 11.6. The first-order chi connectivity index (χ1) is 16.3. The van der Waals surface area contributed by atoms with Gasteiger partial charge in [0.15, 0.2) is 0 Å². The molecule has 0 aliphatic rings. The van der Waals surface area contributed by atoms with Crippen LogP contribution in [0.15, 0.2) is 54.6 Å². The number of hydrogen-bond donors (Lipinski definition) is 1. The largest absolute Gasteiger partial charge is 0.497 e. The van der Waals surface area contributed by atoms with Gasteiger partial charge in [-0.1, -0.05) is 39.8 Å². The Hall–Kier alpha value is -3.54. The van der Waals surface area contributed by atoms with E-state index in [2.05, 4.69) is 25.8 Å². The van der Waals surface area contributed by atoms with Crippen molar-refractivity contribution in [3.8, 4) is 28.5 Å². The lowest BCUT2D eigenvalue weighted by atomic mass is 9.82. The molecule has 6 heteroatoms. The van der Waals surface area contributed by atoms with Crippen molar-refractivity contribution in [3.05, 3.63) is 71.4 Å². The number of carboxylic acid groups (broad SMARTS) is 1. The van der Waals surface area contributed by atoms with E-state index in [0.717, 1.165) is 18.4 Å². The van der Waals surface area contributed by atoms with Gasteiger partial charge in [-0.05, 0) is 66.3 Å². The Morgan fingerprint density at radius 1 is 0.971 bits per heavy atom. The van der Waals surface area contributed by atoms with Crippen LogP contribution in [0.1, 0.15) is 62.2 Å². The van der Waals surface area contributed by atoms with Gasteiger partial charge in [-0.25, -0.2) is 9.78 Å². The fourth-order valence-corrected chi connectivity index (χ4v) is 3.49. The molecule has 0 fully saturated rings. The lowest BCUT2D eigenvalue weighted by Gasteiger charge is -2.23. The minimum Gasteiger partial charge on any atom is -0.497 e.